The van der Waals surface area contributed by atoms with Crippen LogP contribution in [-0.4, -0.2) is 25.2 Å². The third-order valence-corrected chi connectivity index (χ3v) is 4.50. The van der Waals surface area contributed by atoms with Crippen molar-refractivity contribution < 1.29 is 18.7 Å². The number of ether oxygens (including phenoxy) is 2. The fourth-order valence-corrected chi connectivity index (χ4v) is 3.09. The first-order valence-corrected chi connectivity index (χ1v) is 8.88. The topological polar surface area (TPSA) is 60.7 Å². The van der Waals surface area contributed by atoms with Gasteiger partial charge in [0.2, 0.25) is 0 Å². The van der Waals surface area contributed by atoms with Gasteiger partial charge in [-0.3, -0.25) is 4.79 Å². The van der Waals surface area contributed by atoms with E-state index in [4.69, 9.17) is 13.9 Å². The van der Waals surface area contributed by atoms with Crippen LogP contribution in [0.5, 0.6) is 5.75 Å². The van der Waals surface area contributed by atoms with Crippen molar-refractivity contribution in [3.05, 3.63) is 66.1 Å². The fourth-order valence-electron chi connectivity index (χ4n) is 3.09. The number of rotatable bonds is 6. The van der Waals surface area contributed by atoms with E-state index in [1.807, 2.05) is 36.4 Å². The molecule has 0 radical (unpaired) electrons. The predicted molar refractivity (Wildman–Crippen MR) is 98.3 cm³/mol. The minimum absolute atomic E-state index is 0.115. The number of fused-ring (bicyclic) bond motifs is 1. The van der Waals surface area contributed by atoms with Crippen molar-refractivity contribution in [2.75, 3.05) is 13.2 Å². The molecule has 0 bridgehead atoms. The zero-order valence-electron chi connectivity index (χ0n) is 14.4. The van der Waals surface area contributed by atoms with Gasteiger partial charge in [0.1, 0.15) is 18.1 Å². The van der Waals surface area contributed by atoms with Crippen molar-refractivity contribution in [3.63, 3.8) is 0 Å². The molecule has 1 fully saturated rings. The number of carbonyl (C=O) groups excluding carboxylic acids is 1. The Morgan fingerprint density at radius 2 is 2.00 bits per heavy atom. The van der Waals surface area contributed by atoms with E-state index in [9.17, 15) is 4.79 Å². The summed E-state index contributed by atoms with van der Waals surface area (Å²) in [5.74, 6) is 1.45. The molecule has 1 atom stereocenters. The Bertz CT molecular complexity index is 896. The molecule has 5 heteroatoms. The van der Waals surface area contributed by atoms with E-state index < -0.39 is 0 Å². The second-order valence-corrected chi connectivity index (χ2v) is 6.41. The molecule has 1 amide bonds. The van der Waals surface area contributed by atoms with Gasteiger partial charge >= 0.3 is 0 Å². The van der Waals surface area contributed by atoms with Crippen molar-refractivity contribution in [1.29, 1.82) is 0 Å². The lowest BCUT2D eigenvalue weighted by atomic mass is 10.1. The molecule has 0 aliphatic carbocycles. The molecule has 0 spiro atoms. The van der Waals surface area contributed by atoms with Crippen LogP contribution in [0.2, 0.25) is 0 Å². The number of hydrogen-bond donors (Lipinski definition) is 1. The van der Waals surface area contributed by atoms with Gasteiger partial charge in [0.15, 0.2) is 5.76 Å². The quantitative estimate of drug-likeness (QED) is 0.731. The maximum Gasteiger partial charge on any atom is 0.287 e. The standard InChI is InChI=1S/C21H21NO4/c23-21(22-13-18-6-3-11-24-18)20-10-9-19(26-20)14-25-17-8-7-15-4-1-2-5-16(15)12-17/h1-2,4-5,7-10,12,18H,3,6,11,13-14H2,(H,22,23). The van der Waals surface area contributed by atoms with Crippen LogP contribution in [0.1, 0.15) is 29.2 Å². The molecule has 1 N–H and O–H groups in total. The molecular formula is C21H21NO4. The number of amides is 1. The minimum Gasteiger partial charge on any atom is -0.486 e. The highest BCUT2D eigenvalue weighted by Crippen LogP contribution is 2.21. The van der Waals surface area contributed by atoms with Crippen LogP contribution in [0.25, 0.3) is 10.8 Å². The van der Waals surface area contributed by atoms with E-state index in [-0.39, 0.29) is 18.6 Å². The van der Waals surface area contributed by atoms with Gasteiger partial charge in [0.05, 0.1) is 6.10 Å². The van der Waals surface area contributed by atoms with Gasteiger partial charge in [-0.05, 0) is 47.9 Å². The summed E-state index contributed by atoms with van der Waals surface area (Å²) >= 11 is 0. The average Bonchev–Trinajstić information content (AvgIpc) is 3.36. The summed E-state index contributed by atoms with van der Waals surface area (Å²) in [6.07, 6.45) is 2.16. The summed E-state index contributed by atoms with van der Waals surface area (Å²) in [6, 6.07) is 17.5. The molecule has 1 unspecified atom stereocenters. The van der Waals surface area contributed by atoms with Crippen LogP contribution in [-0.2, 0) is 11.3 Å². The highest BCUT2D eigenvalue weighted by molar-refractivity contribution is 5.91. The van der Waals surface area contributed by atoms with E-state index in [1.54, 1.807) is 12.1 Å². The third-order valence-electron chi connectivity index (χ3n) is 4.50. The van der Waals surface area contributed by atoms with Gasteiger partial charge in [0, 0.05) is 13.2 Å². The number of benzene rings is 2. The Balaban J connectivity index is 1.33. The minimum atomic E-state index is -0.225. The fraction of sp³-hybridized carbons (Fsp3) is 0.286. The van der Waals surface area contributed by atoms with E-state index in [1.165, 1.54) is 5.39 Å². The maximum absolute atomic E-state index is 12.1. The molecule has 26 heavy (non-hydrogen) atoms. The molecular weight excluding hydrogens is 330 g/mol. The largest absolute Gasteiger partial charge is 0.486 e. The zero-order chi connectivity index (χ0) is 17.8. The first-order chi connectivity index (χ1) is 12.8. The van der Waals surface area contributed by atoms with Crippen molar-refractivity contribution in [2.45, 2.75) is 25.6 Å². The number of carbonyl (C=O) groups is 1. The molecule has 0 saturated carbocycles. The van der Waals surface area contributed by atoms with Crippen LogP contribution < -0.4 is 10.1 Å². The van der Waals surface area contributed by atoms with Gasteiger partial charge < -0.3 is 19.2 Å². The molecule has 5 nitrogen and oxygen atoms in total. The van der Waals surface area contributed by atoms with Crippen LogP contribution in [0.3, 0.4) is 0 Å². The molecule has 4 rings (SSSR count). The second-order valence-electron chi connectivity index (χ2n) is 6.41. The van der Waals surface area contributed by atoms with E-state index >= 15 is 0 Å². The van der Waals surface area contributed by atoms with Crippen molar-refractivity contribution in [3.8, 4) is 5.75 Å². The number of hydrogen-bond acceptors (Lipinski definition) is 4. The van der Waals surface area contributed by atoms with Crippen molar-refractivity contribution in [2.24, 2.45) is 0 Å². The molecule has 1 aliphatic heterocycles. The first-order valence-electron chi connectivity index (χ1n) is 8.88. The lowest BCUT2D eigenvalue weighted by molar-refractivity contribution is 0.0832. The predicted octanol–water partition coefficient (Wildman–Crippen LogP) is 3.92. The van der Waals surface area contributed by atoms with Gasteiger partial charge in [-0.15, -0.1) is 0 Å². The summed E-state index contributed by atoms with van der Waals surface area (Å²) in [6.45, 7) is 1.57. The molecule has 1 aliphatic rings. The molecule has 2 heterocycles. The van der Waals surface area contributed by atoms with Crippen LogP contribution in [0.4, 0.5) is 0 Å². The summed E-state index contributed by atoms with van der Waals surface area (Å²) in [5.41, 5.74) is 0. The second kappa shape index (κ2) is 7.62. The average molecular weight is 351 g/mol. The SMILES string of the molecule is O=C(NCC1CCCO1)c1ccc(COc2ccc3ccccc3c2)o1. The normalized spacial score (nSPS) is 16.7. The molecule has 134 valence electrons. The summed E-state index contributed by atoms with van der Waals surface area (Å²) in [5, 5.41) is 5.14. The summed E-state index contributed by atoms with van der Waals surface area (Å²) < 4.78 is 16.9. The zero-order valence-corrected chi connectivity index (χ0v) is 14.4. The smallest absolute Gasteiger partial charge is 0.287 e. The van der Waals surface area contributed by atoms with Gasteiger partial charge in [-0.2, -0.15) is 0 Å². The molecule has 2 aromatic carbocycles. The van der Waals surface area contributed by atoms with Crippen LogP contribution >= 0.6 is 0 Å². The van der Waals surface area contributed by atoms with Gasteiger partial charge in [-0.25, -0.2) is 0 Å². The lowest BCUT2D eigenvalue weighted by Gasteiger charge is -2.09. The van der Waals surface area contributed by atoms with Gasteiger partial charge in [-0.1, -0.05) is 30.3 Å². The maximum atomic E-state index is 12.1. The van der Waals surface area contributed by atoms with E-state index in [2.05, 4.69) is 11.4 Å². The van der Waals surface area contributed by atoms with Crippen LogP contribution in [0, 0.1) is 0 Å². The van der Waals surface area contributed by atoms with Crippen LogP contribution in [0.15, 0.2) is 59.0 Å². The molecule has 1 aromatic heterocycles. The monoisotopic (exact) mass is 351 g/mol. The van der Waals surface area contributed by atoms with Crippen molar-refractivity contribution >= 4 is 16.7 Å². The van der Waals surface area contributed by atoms with E-state index in [0.29, 0.717) is 18.1 Å². The highest BCUT2D eigenvalue weighted by atomic mass is 16.5. The Kier molecular flexibility index (Phi) is 4.88. The molecule has 3 aromatic rings. The Labute approximate surface area is 151 Å². The Hall–Kier alpha value is -2.79. The van der Waals surface area contributed by atoms with Gasteiger partial charge in [0.25, 0.3) is 5.91 Å². The van der Waals surface area contributed by atoms with Crippen molar-refractivity contribution in [1.82, 2.24) is 5.32 Å². The van der Waals surface area contributed by atoms with E-state index in [0.717, 1.165) is 30.6 Å². The number of furan rings is 1. The third kappa shape index (κ3) is 3.89. The Morgan fingerprint density at radius 1 is 1.12 bits per heavy atom. The number of nitrogens with one attached hydrogen (secondary N) is 1. The molecule has 1 saturated heterocycles. The summed E-state index contributed by atoms with van der Waals surface area (Å²) in [7, 11) is 0. The highest BCUT2D eigenvalue weighted by Gasteiger charge is 2.18. The first kappa shape index (κ1) is 16.7. The Morgan fingerprint density at radius 3 is 2.85 bits per heavy atom. The lowest BCUT2D eigenvalue weighted by Crippen LogP contribution is -2.31. The summed E-state index contributed by atoms with van der Waals surface area (Å²) in [4.78, 5) is 12.1.